The molecule has 29 heavy (non-hydrogen) atoms. The minimum Gasteiger partial charge on any atom is -0.352 e. The molecule has 1 fully saturated rings. The molecule has 0 saturated heterocycles. The van der Waals surface area contributed by atoms with E-state index in [2.05, 4.69) is 5.32 Å². The summed E-state index contributed by atoms with van der Waals surface area (Å²) in [6, 6.07) is 15.1. The van der Waals surface area contributed by atoms with Crippen molar-refractivity contribution >= 4 is 26.6 Å². The molecule has 2 aromatic carbocycles. The van der Waals surface area contributed by atoms with Crippen LogP contribution in [0.15, 0.2) is 59.6 Å². The molecule has 1 aliphatic carbocycles. The van der Waals surface area contributed by atoms with Crippen LogP contribution in [0.1, 0.15) is 36.8 Å². The van der Waals surface area contributed by atoms with Crippen LogP contribution in [0.5, 0.6) is 0 Å². The van der Waals surface area contributed by atoms with Gasteiger partial charge in [-0.2, -0.15) is 0 Å². The molecule has 1 aromatic heterocycles. The Morgan fingerprint density at radius 1 is 1.07 bits per heavy atom. The summed E-state index contributed by atoms with van der Waals surface area (Å²) in [6.07, 6.45) is 5.96. The van der Waals surface area contributed by atoms with E-state index in [1.54, 1.807) is 10.8 Å². The van der Waals surface area contributed by atoms with Gasteiger partial charge in [0.1, 0.15) is 6.54 Å². The molecule has 0 spiro atoms. The smallest absolute Gasteiger partial charge is 0.240 e. The van der Waals surface area contributed by atoms with E-state index < -0.39 is 9.84 Å². The van der Waals surface area contributed by atoms with Crippen molar-refractivity contribution in [2.75, 3.05) is 0 Å². The van der Waals surface area contributed by atoms with Gasteiger partial charge in [0.15, 0.2) is 9.84 Å². The maximum absolute atomic E-state index is 13.2. The van der Waals surface area contributed by atoms with Crippen LogP contribution >= 0.6 is 0 Å². The summed E-state index contributed by atoms with van der Waals surface area (Å²) in [4.78, 5) is 12.8. The monoisotopic (exact) mass is 410 g/mol. The van der Waals surface area contributed by atoms with E-state index in [0.29, 0.717) is 5.39 Å². The first-order valence-electron chi connectivity index (χ1n) is 10.1. The Morgan fingerprint density at radius 2 is 1.76 bits per heavy atom. The normalized spacial score (nSPS) is 15.1. The lowest BCUT2D eigenvalue weighted by Crippen LogP contribution is -2.35. The van der Waals surface area contributed by atoms with E-state index in [-0.39, 0.29) is 29.1 Å². The highest BCUT2D eigenvalue weighted by Gasteiger charge is 2.23. The Kier molecular flexibility index (Phi) is 5.46. The molecule has 0 aliphatic heterocycles. The van der Waals surface area contributed by atoms with Gasteiger partial charge >= 0.3 is 0 Å². The van der Waals surface area contributed by atoms with Gasteiger partial charge in [-0.05, 0) is 37.0 Å². The third-order valence-corrected chi connectivity index (χ3v) is 7.41. The highest BCUT2D eigenvalue weighted by atomic mass is 32.2. The zero-order valence-electron chi connectivity index (χ0n) is 16.6. The number of hydrogen-bond donors (Lipinski definition) is 1. The maximum Gasteiger partial charge on any atom is 0.240 e. The van der Waals surface area contributed by atoms with Crippen LogP contribution in [-0.2, 0) is 26.9 Å². The third-order valence-electron chi connectivity index (χ3n) is 5.73. The van der Waals surface area contributed by atoms with Crippen LogP contribution in [0, 0.1) is 6.92 Å². The molecule has 1 aliphatic rings. The molecule has 4 rings (SSSR count). The number of rotatable bonds is 6. The minimum absolute atomic E-state index is 0.0536. The number of carbonyl (C=O) groups excluding carboxylic acids is 1. The molecule has 3 aromatic rings. The first-order chi connectivity index (χ1) is 13.9. The van der Waals surface area contributed by atoms with Crippen LogP contribution in [0.4, 0.5) is 0 Å². The maximum atomic E-state index is 13.2. The second-order valence-corrected chi connectivity index (χ2v) is 9.83. The average molecular weight is 411 g/mol. The zero-order valence-corrected chi connectivity index (χ0v) is 17.4. The lowest BCUT2D eigenvalue weighted by atomic mass is 10.1. The summed E-state index contributed by atoms with van der Waals surface area (Å²) < 4.78 is 28.2. The van der Waals surface area contributed by atoms with E-state index >= 15 is 0 Å². The highest BCUT2D eigenvalue weighted by molar-refractivity contribution is 7.90. The topological polar surface area (TPSA) is 68.2 Å². The third kappa shape index (κ3) is 4.22. The lowest BCUT2D eigenvalue weighted by molar-refractivity contribution is -0.122. The van der Waals surface area contributed by atoms with Crippen molar-refractivity contribution in [3.05, 3.63) is 65.9 Å². The van der Waals surface area contributed by atoms with Gasteiger partial charge < -0.3 is 9.88 Å². The molecule has 1 amide bonds. The van der Waals surface area contributed by atoms with Gasteiger partial charge in [0.25, 0.3) is 0 Å². The number of carbonyl (C=O) groups is 1. The number of nitrogens with zero attached hydrogens (tertiary/aromatic N) is 1. The quantitative estimate of drug-likeness (QED) is 0.668. The van der Waals surface area contributed by atoms with Gasteiger partial charge in [-0.15, -0.1) is 0 Å². The van der Waals surface area contributed by atoms with E-state index in [1.807, 2.05) is 55.5 Å². The fraction of sp³-hybridized carbons (Fsp3) is 0.348. The number of aryl methyl sites for hydroxylation is 1. The van der Waals surface area contributed by atoms with Gasteiger partial charge in [0.2, 0.25) is 5.91 Å². The van der Waals surface area contributed by atoms with Crippen LogP contribution in [0.3, 0.4) is 0 Å². The summed E-state index contributed by atoms with van der Waals surface area (Å²) in [5.74, 6) is -0.123. The number of benzene rings is 2. The van der Waals surface area contributed by atoms with Crippen molar-refractivity contribution in [3.63, 3.8) is 0 Å². The fourth-order valence-electron chi connectivity index (χ4n) is 4.14. The number of para-hydroxylation sites is 1. The minimum atomic E-state index is -3.55. The molecule has 0 radical (unpaired) electrons. The summed E-state index contributed by atoms with van der Waals surface area (Å²) in [5.41, 5.74) is 2.51. The molecule has 0 bridgehead atoms. The van der Waals surface area contributed by atoms with Crippen LogP contribution < -0.4 is 5.32 Å². The van der Waals surface area contributed by atoms with Crippen molar-refractivity contribution in [1.29, 1.82) is 0 Å². The summed E-state index contributed by atoms with van der Waals surface area (Å²) >= 11 is 0. The van der Waals surface area contributed by atoms with E-state index in [0.717, 1.165) is 42.3 Å². The average Bonchev–Trinajstić information content (AvgIpc) is 3.32. The Balaban J connectivity index is 1.65. The van der Waals surface area contributed by atoms with Gasteiger partial charge in [-0.1, -0.05) is 55.3 Å². The van der Waals surface area contributed by atoms with E-state index in [9.17, 15) is 13.2 Å². The SMILES string of the molecule is Cc1ccccc1CS(=O)(=O)c1cn(CC(=O)NC2CCCC2)c2ccccc12. The Morgan fingerprint density at radius 3 is 2.52 bits per heavy atom. The summed E-state index contributed by atoms with van der Waals surface area (Å²) in [5, 5.41) is 3.74. The molecule has 152 valence electrons. The summed E-state index contributed by atoms with van der Waals surface area (Å²) in [7, 11) is -3.55. The zero-order chi connectivity index (χ0) is 20.4. The van der Waals surface area contributed by atoms with Crippen LogP contribution in [-0.4, -0.2) is 24.9 Å². The Hall–Kier alpha value is -2.60. The van der Waals surface area contributed by atoms with Gasteiger partial charge in [0, 0.05) is 23.1 Å². The second kappa shape index (κ2) is 8.03. The summed E-state index contributed by atoms with van der Waals surface area (Å²) in [6.45, 7) is 2.04. The standard InChI is InChI=1S/C23H26N2O3S/c1-17-8-2-3-9-18(17)16-29(27,28)22-14-25(21-13-7-6-12-20(21)22)15-23(26)24-19-10-4-5-11-19/h2-3,6-9,12-14,19H,4-5,10-11,15-16H2,1H3,(H,24,26). The predicted molar refractivity (Wildman–Crippen MR) is 114 cm³/mol. The number of nitrogens with one attached hydrogen (secondary N) is 1. The Labute approximate surface area is 171 Å². The largest absolute Gasteiger partial charge is 0.352 e. The number of amides is 1. The molecular weight excluding hydrogens is 384 g/mol. The van der Waals surface area contributed by atoms with Crippen molar-refractivity contribution < 1.29 is 13.2 Å². The van der Waals surface area contributed by atoms with E-state index in [4.69, 9.17) is 0 Å². The number of hydrogen-bond acceptors (Lipinski definition) is 3. The molecular formula is C23H26N2O3S. The first-order valence-corrected chi connectivity index (χ1v) is 11.7. The molecule has 6 heteroatoms. The number of aromatic nitrogens is 1. The molecule has 1 saturated carbocycles. The molecule has 0 atom stereocenters. The van der Waals surface area contributed by atoms with Crippen LogP contribution in [0.2, 0.25) is 0 Å². The number of sulfone groups is 1. The highest BCUT2D eigenvalue weighted by Crippen LogP contribution is 2.28. The Bertz CT molecular complexity index is 1140. The predicted octanol–water partition coefficient (Wildman–Crippen LogP) is 3.98. The lowest BCUT2D eigenvalue weighted by Gasteiger charge is -2.12. The van der Waals surface area contributed by atoms with Gasteiger partial charge in [-0.25, -0.2) is 8.42 Å². The fourth-order valence-corrected chi connectivity index (χ4v) is 5.83. The molecule has 1 N–H and O–H groups in total. The van der Waals surface area contributed by atoms with Gasteiger partial charge in [-0.3, -0.25) is 4.79 Å². The van der Waals surface area contributed by atoms with Crippen molar-refractivity contribution in [3.8, 4) is 0 Å². The first kappa shape index (κ1) is 19.7. The van der Waals surface area contributed by atoms with Crippen molar-refractivity contribution in [2.45, 2.75) is 55.8 Å². The van der Waals surface area contributed by atoms with Crippen LogP contribution in [0.25, 0.3) is 10.9 Å². The molecule has 0 unspecified atom stereocenters. The van der Waals surface area contributed by atoms with Crippen molar-refractivity contribution in [1.82, 2.24) is 9.88 Å². The molecule has 1 heterocycles. The van der Waals surface area contributed by atoms with E-state index in [1.165, 1.54) is 0 Å². The van der Waals surface area contributed by atoms with Crippen molar-refractivity contribution in [2.24, 2.45) is 0 Å². The molecule has 5 nitrogen and oxygen atoms in total. The second-order valence-electron chi connectivity index (χ2n) is 7.87. The van der Waals surface area contributed by atoms with Gasteiger partial charge in [0.05, 0.1) is 10.6 Å². The number of fused-ring (bicyclic) bond motifs is 1.